The van der Waals surface area contributed by atoms with Gasteiger partial charge in [0.25, 0.3) is 5.91 Å². The lowest BCUT2D eigenvalue weighted by molar-refractivity contribution is -0.134. The maximum atomic E-state index is 13.3. The minimum atomic E-state index is -1.14. The first-order valence-electron chi connectivity index (χ1n) is 9.63. The molecule has 7 heteroatoms. The van der Waals surface area contributed by atoms with E-state index < -0.39 is 23.4 Å². The van der Waals surface area contributed by atoms with Crippen molar-refractivity contribution in [2.24, 2.45) is 0 Å². The third kappa shape index (κ3) is 4.12. The van der Waals surface area contributed by atoms with Gasteiger partial charge in [0.2, 0.25) is 5.91 Å². The van der Waals surface area contributed by atoms with Crippen LogP contribution in [0.5, 0.6) is 0 Å². The SMILES string of the molecule is CCCC[C@@]1(c2ccccc2)NC(=O)N(CC(=O)Nc2cccc(Cl)c2C)C1=O. The minimum absolute atomic E-state index is 0.364. The number of urea groups is 1. The van der Waals surface area contributed by atoms with E-state index in [4.69, 9.17) is 11.6 Å². The van der Waals surface area contributed by atoms with Gasteiger partial charge in [-0.05, 0) is 36.6 Å². The smallest absolute Gasteiger partial charge is 0.324 e. The maximum absolute atomic E-state index is 13.3. The Kier molecular flexibility index (Phi) is 6.23. The van der Waals surface area contributed by atoms with Crippen LogP contribution in [0.15, 0.2) is 48.5 Å². The van der Waals surface area contributed by atoms with Crippen LogP contribution >= 0.6 is 11.6 Å². The third-order valence-corrected chi connectivity index (χ3v) is 5.60. The van der Waals surface area contributed by atoms with Gasteiger partial charge in [0.1, 0.15) is 12.1 Å². The molecular weight excluding hydrogens is 390 g/mol. The largest absolute Gasteiger partial charge is 0.325 e. The number of amides is 4. The van der Waals surface area contributed by atoms with Crippen molar-refractivity contribution in [3.05, 3.63) is 64.7 Å². The van der Waals surface area contributed by atoms with Crippen molar-refractivity contribution in [3.8, 4) is 0 Å². The standard InChI is InChI=1S/C22H24ClN3O3/c1-3-4-13-22(16-9-6-5-7-10-16)20(28)26(21(29)25-22)14-19(27)24-18-12-8-11-17(23)15(18)2/h5-12H,3-4,13-14H2,1-2H3,(H,24,27)(H,25,29)/t22-/m0/s1. The summed E-state index contributed by atoms with van der Waals surface area (Å²) >= 11 is 6.09. The molecule has 1 atom stereocenters. The van der Waals surface area contributed by atoms with Crippen molar-refractivity contribution in [3.63, 3.8) is 0 Å². The van der Waals surface area contributed by atoms with Gasteiger partial charge in [0, 0.05) is 10.7 Å². The predicted octanol–water partition coefficient (Wildman–Crippen LogP) is 4.22. The van der Waals surface area contributed by atoms with Gasteiger partial charge >= 0.3 is 6.03 Å². The summed E-state index contributed by atoms with van der Waals surface area (Å²) in [7, 11) is 0. The number of nitrogens with one attached hydrogen (secondary N) is 2. The Hall–Kier alpha value is -2.86. The van der Waals surface area contributed by atoms with Crippen LogP contribution in [-0.2, 0) is 15.1 Å². The van der Waals surface area contributed by atoms with Gasteiger partial charge in [-0.2, -0.15) is 0 Å². The molecule has 2 N–H and O–H groups in total. The first-order valence-corrected chi connectivity index (χ1v) is 10.0. The van der Waals surface area contributed by atoms with E-state index in [2.05, 4.69) is 10.6 Å². The van der Waals surface area contributed by atoms with Crippen LogP contribution in [0.1, 0.15) is 37.3 Å². The Labute approximate surface area is 175 Å². The molecule has 0 aromatic heterocycles. The summed E-state index contributed by atoms with van der Waals surface area (Å²) < 4.78 is 0. The van der Waals surface area contributed by atoms with Crippen LogP contribution in [0.4, 0.5) is 10.5 Å². The first-order chi connectivity index (χ1) is 13.9. The number of carbonyl (C=O) groups is 3. The van der Waals surface area contributed by atoms with Crippen molar-refractivity contribution in [2.75, 3.05) is 11.9 Å². The maximum Gasteiger partial charge on any atom is 0.325 e. The molecule has 1 fully saturated rings. The molecular formula is C22H24ClN3O3. The van der Waals surface area contributed by atoms with Gasteiger partial charge < -0.3 is 10.6 Å². The zero-order chi connectivity index (χ0) is 21.0. The van der Waals surface area contributed by atoms with Crippen LogP contribution in [0, 0.1) is 6.92 Å². The summed E-state index contributed by atoms with van der Waals surface area (Å²) in [4.78, 5) is 39.5. The van der Waals surface area contributed by atoms with Crippen molar-refractivity contribution < 1.29 is 14.4 Å². The minimum Gasteiger partial charge on any atom is -0.324 e. The number of hydrogen-bond donors (Lipinski definition) is 2. The highest BCUT2D eigenvalue weighted by Crippen LogP contribution is 2.34. The van der Waals surface area contributed by atoms with Gasteiger partial charge in [-0.25, -0.2) is 4.79 Å². The van der Waals surface area contributed by atoms with Gasteiger partial charge in [-0.1, -0.05) is 67.8 Å². The number of nitrogens with zero attached hydrogens (tertiary/aromatic N) is 1. The number of anilines is 1. The molecule has 0 aliphatic carbocycles. The number of halogens is 1. The molecule has 6 nitrogen and oxygen atoms in total. The quantitative estimate of drug-likeness (QED) is 0.667. The predicted molar refractivity (Wildman–Crippen MR) is 113 cm³/mol. The molecule has 2 aromatic rings. The van der Waals surface area contributed by atoms with Gasteiger partial charge in [0.05, 0.1) is 0 Å². The molecule has 1 aliphatic rings. The number of unbranched alkanes of at least 4 members (excludes halogenated alkanes) is 1. The summed E-state index contributed by atoms with van der Waals surface area (Å²) in [6, 6.07) is 13.8. The monoisotopic (exact) mass is 413 g/mol. The molecule has 152 valence electrons. The Morgan fingerprint density at radius 1 is 1.14 bits per heavy atom. The van der Waals surface area contributed by atoms with Gasteiger partial charge in [-0.3, -0.25) is 14.5 Å². The highest BCUT2D eigenvalue weighted by Gasteiger charge is 2.52. The Bertz CT molecular complexity index is 932. The van der Waals surface area contributed by atoms with E-state index in [0.29, 0.717) is 17.1 Å². The highest BCUT2D eigenvalue weighted by atomic mass is 35.5. The average Bonchev–Trinajstić information content (AvgIpc) is 2.95. The Balaban J connectivity index is 1.81. The fourth-order valence-corrected chi connectivity index (χ4v) is 3.69. The van der Waals surface area contributed by atoms with Gasteiger partial charge in [0.15, 0.2) is 0 Å². The third-order valence-electron chi connectivity index (χ3n) is 5.19. The second-order valence-electron chi connectivity index (χ2n) is 7.16. The number of hydrogen-bond acceptors (Lipinski definition) is 3. The van der Waals surface area contributed by atoms with E-state index in [1.807, 2.05) is 37.3 Å². The van der Waals surface area contributed by atoms with E-state index in [-0.39, 0.29) is 6.54 Å². The van der Waals surface area contributed by atoms with Gasteiger partial charge in [-0.15, -0.1) is 0 Å². The fourth-order valence-electron chi connectivity index (χ4n) is 3.52. The Morgan fingerprint density at radius 2 is 1.86 bits per heavy atom. The van der Waals surface area contributed by atoms with Crippen molar-refractivity contribution >= 4 is 35.1 Å². The van der Waals surface area contributed by atoms with E-state index in [9.17, 15) is 14.4 Å². The van der Waals surface area contributed by atoms with Crippen LogP contribution < -0.4 is 10.6 Å². The first kappa shape index (κ1) is 20.9. The summed E-state index contributed by atoms with van der Waals surface area (Å²) in [5, 5.41) is 6.10. The topological polar surface area (TPSA) is 78.5 Å². The molecule has 1 saturated heterocycles. The zero-order valence-corrected chi connectivity index (χ0v) is 17.3. The lowest BCUT2D eigenvalue weighted by Gasteiger charge is -2.27. The lowest BCUT2D eigenvalue weighted by Crippen LogP contribution is -2.44. The molecule has 1 heterocycles. The summed E-state index contributed by atoms with van der Waals surface area (Å²) in [6.07, 6.45) is 2.12. The molecule has 1 aliphatic heterocycles. The van der Waals surface area contributed by atoms with Crippen LogP contribution in [-0.4, -0.2) is 29.3 Å². The Morgan fingerprint density at radius 3 is 2.55 bits per heavy atom. The van der Waals surface area contributed by atoms with Crippen molar-refractivity contribution in [1.29, 1.82) is 0 Å². The molecule has 4 amide bonds. The highest BCUT2D eigenvalue weighted by molar-refractivity contribution is 6.31. The summed E-state index contributed by atoms with van der Waals surface area (Å²) in [5.74, 6) is -0.863. The second kappa shape index (κ2) is 8.66. The molecule has 29 heavy (non-hydrogen) atoms. The van der Waals surface area contributed by atoms with E-state index >= 15 is 0 Å². The average molecular weight is 414 g/mol. The van der Waals surface area contributed by atoms with E-state index in [0.717, 1.165) is 28.9 Å². The van der Waals surface area contributed by atoms with E-state index in [1.54, 1.807) is 25.1 Å². The molecule has 0 bridgehead atoms. The van der Waals surface area contributed by atoms with Crippen molar-refractivity contribution in [2.45, 2.75) is 38.6 Å². The molecule has 0 radical (unpaired) electrons. The molecule has 2 aromatic carbocycles. The van der Waals surface area contributed by atoms with Crippen LogP contribution in [0.3, 0.4) is 0 Å². The molecule has 0 spiro atoms. The zero-order valence-electron chi connectivity index (χ0n) is 16.5. The summed E-state index contributed by atoms with van der Waals surface area (Å²) in [6.45, 7) is 3.45. The molecule has 3 rings (SSSR count). The second-order valence-corrected chi connectivity index (χ2v) is 7.56. The van der Waals surface area contributed by atoms with Crippen molar-refractivity contribution in [1.82, 2.24) is 10.2 Å². The molecule has 0 unspecified atom stereocenters. The summed E-state index contributed by atoms with van der Waals surface area (Å²) in [5.41, 5.74) is 0.859. The number of rotatable bonds is 7. The van der Waals surface area contributed by atoms with Crippen LogP contribution in [0.2, 0.25) is 5.02 Å². The normalized spacial score (nSPS) is 18.7. The number of imide groups is 1. The number of carbonyl (C=O) groups excluding carboxylic acids is 3. The lowest BCUT2D eigenvalue weighted by atomic mass is 9.85. The fraction of sp³-hybridized carbons (Fsp3) is 0.318. The number of benzene rings is 2. The molecule has 0 saturated carbocycles. The van der Waals surface area contributed by atoms with E-state index in [1.165, 1.54) is 0 Å². The van der Waals surface area contributed by atoms with Crippen LogP contribution in [0.25, 0.3) is 0 Å².